The first-order valence-electron chi connectivity index (χ1n) is 7.80. The Morgan fingerprint density at radius 1 is 1.19 bits per heavy atom. The van der Waals surface area contributed by atoms with E-state index in [0.717, 1.165) is 4.90 Å². The summed E-state index contributed by atoms with van der Waals surface area (Å²) in [6.07, 6.45) is 3.26. The molecule has 8 nitrogen and oxygen atoms in total. The lowest BCUT2D eigenvalue weighted by atomic mass is 10.2. The number of thioether (sulfide) groups is 1. The van der Waals surface area contributed by atoms with Gasteiger partial charge in [-0.05, 0) is 37.6 Å². The third kappa shape index (κ3) is 3.77. The summed E-state index contributed by atoms with van der Waals surface area (Å²) < 4.78 is 31.7. The van der Waals surface area contributed by atoms with E-state index in [-0.39, 0.29) is 16.4 Å². The SMILES string of the molecule is CNS(=O)(=O)c1ccc(SC)c(Nc2ncnc3cc(O)c(OC)cc23)c1. The molecule has 0 unspecified atom stereocenters. The van der Waals surface area contributed by atoms with Crippen molar-refractivity contribution in [1.29, 1.82) is 0 Å². The van der Waals surface area contributed by atoms with Gasteiger partial charge in [-0.25, -0.2) is 23.1 Å². The Kier molecular flexibility index (Phi) is 5.40. The molecule has 3 aromatic rings. The highest BCUT2D eigenvalue weighted by atomic mass is 32.2. The zero-order valence-electron chi connectivity index (χ0n) is 14.8. The molecule has 0 amide bonds. The lowest BCUT2D eigenvalue weighted by Crippen LogP contribution is -2.18. The van der Waals surface area contributed by atoms with Crippen LogP contribution < -0.4 is 14.8 Å². The van der Waals surface area contributed by atoms with Gasteiger partial charge in [-0.2, -0.15) is 0 Å². The molecule has 0 fully saturated rings. The molecule has 0 radical (unpaired) electrons. The normalized spacial score (nSPS) is 11.5. The maximum atomic E-state index is 12.1. The van der Waals surface area contributed by atoms with Gasteiger partial charge < -0.3 is 15.2 Å². The van der Waals surface area contributed by atoms with Gasteiger partial charge in [0.05, 0.1) is 23.2 Å². The Labute approximate surface area is 161 Å². The van der Waals surface area contributed by atoms with Gasteiger partial charge in [0.1, 0.15) is 12.1 Å². The molecule has 27 heavy (non-hydrogen) atoms. The zero-order valence-corrected chi connectivity index (χ0v) is 16.5. The Hall–Kier alpha value is -2.56. The summed E-state index contributed by atoms with van der Waals surface area (Å²) >= 11 is 1.47. The highest BCUT2D eigenvalue weighted by molar-refractivity contribution is 7.98. The Bertz CT molecular complexity index is 1100. The van der Waals surface area contributed by atoms with E-state index in [0.29, 0.717) is 22.4 Å². The third-order valence-corrected chi connectivity index (χ3v) is 6.15. The molecule has 1 heterocycles. The first-order valence-corrected chi connectivity index (χ1v) is 10.5. The average molecular weight is 406 g/mol. The van der Waals surface area contributed by atoms with Crippen molar-refractivity contribution in [1.82, 2.24) is 14.7 Å². The molecule has 0 aliphatic heterocycles. The van der Waals surface area contributed by atoms with Gasteiger partial charge in [0.15, 0.2) is 11.5 Å². The molecule has 3 N–H and O–H groups in total. The molecular weight excluding hydrogens is 388 g/mol. The monoisotopic (exact) mass is 406 g/mol. The van der Waals surface area contributed by atoms with Crippen molar-refractivity contribution in [2.75, 3.05) is 25.7 Å². The predicted octanol–water partition coefficient (Wildman–Crippen LogP) is 2.72. The van der Waals surface area contributed by atoms with Crippen LogP contribution in [0.3, 0.4) is 0 Å². The summed E-state index contributed by atoms with van der Waals surface area (Å²) in [4.78, 5) is 9.40. The van der Waals surface area contributed by atoms with E-state index in [1.165, 1.54) is 38.3 Å². The molecule has 0 aliphatic carbocycles. The highest BCUT2D eigenvalue weighted by Crippen LogP contribution is 2.35. The number of methoxy groups -OCH3 is 1. The topological polar surface area (TPSA) is 113 Å². The van der Waals surface area contributed by atoms with Crippen LogP contribution in [0.1, 0.15) is 0 Å². The molecule has 0 spiro atoms. The first kappa shape index (κ1) is 19.2. The summed E-state index contributed by atoms with van der Waals surface area (Å²) in [7, 11) is -0.765. The maximum Gasteiger partial charge on any atom is 0.240 e. The number of aromatic hydroxyl groups is 1. The van der Waals surface area contributed by atoms with Gasteiger partial charge in [0.2, 0.25) is 10.0 Å². The smallest absolute Gasteiger partial charge is 0.240 e. The number of hydrogen-bond acceptors (Lipinski definition) is 8. The summed E-state index contributed by atoms with van der Waals surface area (Å²) in [5.41, 5.74) is 1.11. The van der Waals surface area contributed by atoms with Crippen LogP contribution in [0.5, 0.6) is 11.5 Å². The zero-order chi connectivity index (χ0) is 19.6. The van der Waals surface area contributed by atoms with Gasteiger partial charge in [0.25, 0.3) is 0 Å². The molecular formula is C17H18N4O4S2. The Morgan fingerprint density at radius 3 is 2.63 bits per heavy atom. The van der Waals surface area contributed by atoms with Crippen molar-refractivity contribution >= 4 is 44.2 Å². The van der Waals surface area contributed by atoms with Crippen molar-refractivity contribution in [3.05, 3.63) is 36.7 Å². The van der Waals surface area contributed by atoms with Crippen molar-refractivity contribution in [3.63, 3.8) is 0 Å². The van der Waals surface area contributed by atoms with E-state index >= 15 is 0 Å². The number of fused-ring (bicyclic) bond motifs is 1. The molecule has 0 bridgehead atoms. The quantitative estimate of drug-likeness (QED) is 0.536. The molecule has 0 saturated carbocycles. The van der Waals surface area contributed by atoms with E-state index in [1.807, 2.05) is 6.26 Å². The number of anilines is 2. The molecule has 0 saturated heterocycles. The lowest BCUT2D eigenvalue weighted by molar-refractivity contribution is 0.374. The minimum Gasteiger partial charge on any atom is -0.504 e. The standard InChI is InChI=1S/C17H18N4O4S2/c1-18-27(23,24)10-4-5-16(26-3)13(6-10)21-17-11-7-15(25-2)14(22)8-12(11)19-9-20-17/h4-9,18,22H,1-3H3,(H,19,20,21). The fraction of sp³-hybridized carbons (Fsp3) is 0.176. The second-order valence-corrected chi connectivity index (χ2v) is 8.19. The molecule has 0 aliphatic rings. The Morgan fingerprint density at radius 2 is 1.96 bits per heavy atom. The molecule has 10 heteroatoms. The minimum atomic E-state index is -3.58. The molecule has 0 atom stereocenters. The second-order valence-electron chi connectivity index (χ2n) is 5.46. The lowest BCUT2D eigenvalue weighted by Gasteiger charge is -2.14. The number of aromatic nitrogens is 2. The second kappa shape index (κ2) is 7.59. The van der Waals surface area contributed by atoms with Crippen LogP contribution >= 0.6 is 11.8 Å². The van der Waals surface area contributed by atoms with Gasteiger partial charge in [0, 0.05) is 16.3 Å². The van der Waals surface area contributed by atoms with Crippen molar-refractivity contribution in [3.8, 4) is 11.5 Å². The number of nitrogens with zero attached hydrogens (tertiary/aromatic N) is 2. The van der Waals surface area contributed by atoms with E-state index in [1.54, 1.807) is 24.3 Å². The predicted molar refractivity (Wildman–Crippen MR) is 106 cm³/mol. The summed E-state index contributed by atoms with van der Waals surface area (Å²) in [5, 5.41) is 13.7. The molecule has 2 aromatic carbocycles. The van der Waals surface area contributed by atoms with Crippen LogP contribution in [0.2, 0.25) is 0 Å². The van der Waals surface area contributed by atoms with E-state index < -0.39 is 10.0 Å². The number of rotatable bonds is 6. The van der Waals surface area contributed by atoms with Gasteiger partial charge in [-0.1, -0.05) is 0 Å². The molecule has 3 rings (SSSR count). The van der Waals surface area contributed by atoms with Crippen molar-refractivity contribution in [2.45, 2.75) is 9.79 Å². The van der Waals surface area contributed by atoms with E-state index in [9.17, 15) is 13.5 Å². The average Bonchev–Trinajstić information content (AvgIpc) is 2.67. The van der Waals surface area contributed by atoms with E-state index in [4.69, 9.17) is 4.74 Å². The molecule has 1 aromatic heterocycles. The van der Waals surface area contributed by atoms with Crippen molar-refractivity contribution in [2.24, 2.45) is 0 Å². The fourth-order valence-corrected chi connectivity index (χ4v) is 3.82. The maximum absolute atomic E-state index is 12.1. The van der Waals surface area contributed by atoms with Crippen LogP contribution in [0.4, 0.5) is 11.5 Å². The van der Waals surface area contributed by atoms with Crippen LogP contribution in [0, 0.1) is 0 Å². The largest absolute Gasteiger partial charge is 0.504 e. The van der Waals surface area contributed by atoms with Gasteiger partial charge >= 0.3 is 0 Å². The summed E-state index contributed by atoms with van der Waals surface area (Å²) in [6, 6.07) is 7.93. The first-order chi connectivity index (χ1) is 12.9. The van der Waals surface area contributed by atoms with Gasteiger partial charge in [-0.3, -0.25) is 0 Å². The minimum absolute atomic E-state index is 0.0263. The van der Waals surface area contributed by atoms with Gasteiger partial charge in [-0.15, -0.1) is 11.8 Å². The Balaban J connectivity index is 2.13. The van der Waals surface area contributed by atoms with Crippen LogP contribution in [0.15, 0.2) is 46.5 Å². The van der Waals surface area contributed by atoms with Crippen LogP contribution in [-0.2, 0) is 10.0 Å². The fourth-order valence-electron chi connectivity index (χ4n) is 2.53. The molecule has 142 valence electrons. The number of phenols is 1. The number of hydrogen-bond donors (Lipinski definition) is 3. The number of ether oxygens (including phenoxy) is 1. The number of sulfonamides is 1. The number of benzene rings is 2. The third-order valence-electron chi connectivity index (χ3n) is 3.94. The van der Waals surface area contributed by atoms with Crippen LogP contribution in [0.25, 0.3) is 10.9 Å². The number of phenolic OH excluding ortho intramolecular Hbond substituents is 1. The van der Waals surface area contributed by atoms with Crippen molar-refractivity contribution < 1.29 is 18.3 Å². The summed E-state index contributed by atoms with van der Waals surface area (Å²) in [5.74, 6) is 0.728. The number of nitrogens with one attached hydrogen (secondary N) is 2. The summed E-state index contributed by atoms with van der Waals surface area (Å²) in [6.45, 7) is 0. The highest BCUT2D eigenvalue weighted by Gasteiger charge is 2.16. The van der Waals surface area contributed by atoms with E-state index in [2.05, 4.69) is 20.0 Å². The van der Waals surface area contributed by atoms with Crippen LogP contribution in [-0.4, -0.2) is 43.9 Å².